The molecule has 0 bridgehead atoms. The molecule has 0 spiro atoms. The Morgan fingerprint density at radius 3 is 2.40 bits per heavy atom. The first kappa shape index (κ1) is 13.7. The molecular weight excluding hydrogens is 240 g/mol. The lowest BCUT2D eigenvalue weighted by molar-refractivity contribution is 0.551. The first-order chi connectivity index (χ1) is 9.58. The Kier molecular flexibility index (Phi) is 3.36. The predicted molar refractivity (Wildman–Crippen MR) is 88.9 cm³/mol. The van der Waals surface area contributed by atoms with E-state index in [0.29, 0.717) is 0 Å². The van der Waals surface area contributed by atoms with Gasteiger partial charge in [0.25, 0.3) is 0 Å². The molecule has 0 amide bonds. The van der Waals surface area contributed by atoms with Crippen LogP contribution in [0.5, 0.6) is 0 Å². The van der Waals surface area contributed by atoms with Crippen molar-refractivity contribution in [3.05, 3.63) is 45.5 Å². The van der Waals surface area contributed by atoms with Gasteiger partial charge in [-0.1, -0.05) is 32.4 Å². The second-order valence-electron chi connectivity index (χ2n) is 6.52. The zero-order chi connectivity index (χ0) is 14.4. The van der Waals surface area contributed by atoms with Crippen LogP contribution in [0.1, 0.15) is 66.0 Å². The van der Waals surface area contributed by atoms with Gasteiger partial charge < -0.3 is 0 Å². The summed E-state index contributed by atoms with van der Waals surface area (Å²) in [5.74, 6) is 0.825. The van der Waals surface area contributed by atoms with Crippen LogP contribution in [0.25, 0.3) is 10.8 Å². The molecule has 0 fully saturated rings. The number of aryl methyl sites for hydroxylation is 3. The Morgan fingerprint density at radius 2 is 1.75 bits per heavy atom. The second kappa shape index (κ2) is 4.91. The monoisotopic (exact) mass is 266 g/mol. The number of hydrogen-bond donors (Lipinski definition) is 0. The molecule has 0 heterocycles. The molecule has 1 aliphatic rings. The fraction of sp³-hybridized carbons (Fsp3) is 0.500. The maximum atomic E-state index is 2.43. The lowest BCUT2D eigenvalue weighted by Gasteiger charge is -2.35. The molecule has 2 aromatic rings. The zero-order valence-corrected chi connectivity index (χ0v) is 13.6. The van der Waals surface area contributed by atoms with Crippen LogP contribution in [-0.2, 0) is 12.8 Å². The summed E-state index contributed by atoms with van der Waals surface area (Å²) >= 11 is 0. The van der Waals surface area contributed by atoms with Crippen molar-refractivity contribution in [1.29, 1.82) is 0 Å². The molecule has 106 valence electrons. The molecule has 0 aliphatic heterocycles. The molecule has 20 heavy (non-hydrogen) atoms. The third-order valence-electron chi connectivity index (χ3n) is 5.28. The minimum absolute atomic E-state index is 0.825. The van der Waals surface area contributed by atoms with Crippen LogP contribution in [0.3, 0.4) is 0 Å². The molecule has 3 rings (SSSR count). The largest absolute Gasteiger partial charge is 0.0654 e. The number of benzene rings is 2. The van der Waals surface area contributed by atoms with E-state index in [-0.39, 0.29) is 0 Å². The fourth-order valence-corrected chi connectivity index (χ4v) is 4.20. The minimum Gasteiger partial charge on any atom is -0.0654 e. The Labute approximate surface area is 123 Å². The van der Waals surface area contributed by atoms with Gasteiger partial charge >= 0.3 is 0 Å². The van der Waals surface area contributed by atoms with Gasteiger partial charge in [-0.05, 0) is 90.1 Å². The van der Waals surface area contributed by atoms with E-state index >= 15 is 0 Å². The zero-order valence-electron chi connectivity index (χ0n) is 13.6. The highest BCUT2D eigenvalue weighted by atomic mass is 14.3. The second-order valence-corrected chi connectivity index (χ2v) is 6.52. The lowest BCUT2D eigenvalue weighted by Crippen LogP contribution is -2.20. The van der Waals surface area contributed by atoms with Gasteiger partial charge in [0.05, 0.1) is 0 Å². The molecule has 0 saturated carbocycles. The summed E-state index contributed by atoms with van der Waals surface area (Å²) in [4.78, 5) is 0. The van der Waals surface area contributed by atoms with Crippen LogP contribution in [-0.4, -0.2) is 0 Å². The Morgan fingerprint density at radius 1 is 1.05 bits per heavy atom. The first-order valence-corrected chi connectivity index (χ1v) is 8.13. The van der Waals surface area contributed by atoms with Crippen molar-refractivity contribution in [1.82, 2.24) is 0 Å². The number of hydrogen-bond acceptors (Lipinski definition) is 0. The van der Waals surface area contributed by atoms with E-state index in [9.17, 15) is 0 Å². The summed E-state index contributed by atoms with van der Waals surface area (Å²) in [5.41, 5.74) is 9.40. The van der Waals surface area contributed by atoms with Crippen molar-refractivity contribution >= 4 is 10.8 Å². The average molecular weight is 266 g/mol. The molecule has 0 nitrogen and oxygen atoms in total. The van der Waals surface area contributed by atoms with E-state index in [1.54, 1.807) is 22.1 Å². The molecule has 2 aromatic carbocycles. The van der Waals surface area contributed by atoms with E-state index in [2.05, 4.69) is 46.8 Å². The van der Waals surface area contributed by atoms with Gasteiger partial charge in [-0.25, -0.2) is 0 Å². The molecule has 1 atom stereocenters. The molecule has 1 unspecified atom stereocenters. The Balaban J connectivity index is 2.30. The highest BCUT2D eigenvalue weighted by Gasteiger charge is 2.30. The van der Waals surface area contributed by atoms with Gasteiger partial charge in [0.1, 0.15) is 0 Å². The van der Waals surface area contributed by atoms with E-state index in [1.807, 2.05) is 0 Å². The van der Waals surface area contributed by atoms with Crippen LogP contribution >= 0.6 is 0 Å². The van der Waals surface area contributed by atoms with Crippen molar-refractivity contribution in [3.63, 3.8) is 0 Å². The maximum absolute atomic E-state index is 2.43. The van der Waals surface area contributed by atoms with E-state index < -0.39 is 0 Å². The summed E-state index contributed by atoms with van der Waals surface area (Å²) in [5, 5.41) is 3.06. The normalized spacial score (nSPS) is 17.1. The van der Waals surface area contributed by atoms with Gasteiger partial charge in [0.2, 0.25) is 0 Å². The third-order valence-corrected chi connectivity index (χ3v) is 5.28. The average Bonchev–Trinajstić information content (AvgIpc) is 2.37. The molecule has 0 aromatic heterocycles. The summed E-state index contributed by atoms with van der Waals surface area (Å²) < 4.78 is 0. The summed E-state index contributed by atoms with van der Waals surface area (Å²) in [6.45, 7) is 11.5. The molecule has 0 heteroatoms. The smallest absolute Gasteiger partial charge is 0.0114 e. The van der Waals surface area contributed by atoms with E-state index in [0.717, 1.165) is 12.3 Å². The van der Waals surface area contributed by atoms with Crippen LogP contribution in [0.4, 0.5) is 0 Å². The van der Waals surface area contributed by atoms with Crippen LogP contribution in [0.2, 0.25) is 0 Å². The van der Waals surface area contributed by atoms with Crippen LogP contribution in [0.15, 0.2) is 12.1 Å². The summed E-state index contributed by atoms with van der Waals surface area (Å²) in [7, 11) is 0. The highest BCUT2D eigenvalue weighted by Crippen LogP contribution is 2.46. The minimum atomic E-state index is 0.825. The van der Waals surface area contributed by atoms with E-state index in [4.69, 9.17) is 0 Å². The van der Waals surface area contributed by atoms with Gasteiger partial charge in [-0.3, -0.25) is 0 Å². The van der Waals surface area contributed by atoms with Gasteiger partial charge in [0, 0.05) is 0 Å². The maximum Gasteiger partial charge on any atom is -0.0114 e. The van der Waals surface area contributed by atoms with Crippen molar-refractivity contribution in [2.75, 3.05) is 0 Å². The number of rotatable bonds is 3. The van der Waals surface area contributed by atoms with Gasteiger partial charge in [0.15, 0.2) is 0 Å². The highest BCUT2D eigenvalue weighted by molar-refractivity contribution is 5.94. The predicted octanol–water partition coefficient (Wildman–Crippen LogP) is 5.77. The molecule has 0 N–H and O–H groups in total. The van der Waals surface area contributed by atoms with Crippen molar-refractivity contribution in [2.45, 2.75) is 66.2 Å². The summed E-state index contributed by atoms with van der Waals surface area (Å²) in [6.07, 6.45) is 5.11. The standard InChI is InChI=1S/C20H26/c1-6-8-15-11-18-19(15)13(4)10-16-9-12(3)14(5)17(7-2)20(16)18/h9-10,15H,6-8,11H2,1-5H3. The third kappa shape index (κ3) is 1.81. The lowest BCUT2D eigenvalue weighted by atomic mass is 9.70. The van der Waals surface area contributed by atoms with Gasteiger partial charge in [-0.15, -0.1) is 0 Å². The summed E-state index contributed by atoms with van der Waals surface area (Å²) in [6, 6.07) is 4.83. The Hall–Kier alpha value is -1.30. The van der Waals surface area contributed by atoms with Crippen LogP contribution in [0, 0.1) is 20.8 Å². The molecular formula is C20H26. The SMILES string of the molecule is CCCC1Cc2c1c(C)cc1cc(C)c(C)c(CC)c21. The van der Waals surface area contributed by atoms with Crippen molar-refractivity contribution in [2.24, 2.45) is 0 Å². The number of fused-ring (bicyclic) bond motifs is 3. The molecule has 1 aliphatic carbocycles. The molecule has 0 radical (unpaired) electrons. The van der Waals surface area contributed by atoms with Gasteiger partial charge in [-0.2, -0.15) is 0 Å². The van der Waals surface area contributed by atoms with Crippen LogP contribution < -0.4 is 0 Å². The van der Waals surface area contributed by atoms with Crippen molar-refractivity contribution in [3.8, 4) is 0 Å². The molecule has 0 saturated heterocycles. The quantitative estimate of drug-likeness (QED) is 0.662. The van der Waals surface area contributed by atoms with Crippen molar-refractivity contribution < 1.29 is 0 Å². The first-order valence-electron chi connectivity index (χ1n) is 8.13. The van der Waals surface area contributed by atoms with E-state index in [1.165, 1.54) is 41.3 Å². The fourth-order valence-electron chi connectivity index (χ4n) is 4.20. The topological polar surface area (TPSA) is 0 Å². The Bertz CT molecular complexity index is 676.